The number of aryl methyl sites for hydroxylation is 2. The molecule has 0 aliphatic rings. The third-order valence-electron chi connectivity index (χ3n) is 2.99. The molecule has 0 amide bonds. The van der Waals surface area contributed by atoms with Gasteiger partial charge in [0.25, 0.3) is 0 Å². The van der Waals surface area contributed by atoms with E-state index in [1.807, 2.05) is 12.1 Å². The molecular weight excluding hydrogens is 350 g/mol. The van der Waals surface area contributed by atoms with Gasteiger partial charge < -0.3 is 0 Å². The van der Waals surface area contributed by atoms with Crippen LogP contribution in [-0.2, 0) is 0 Å². The fourth-order valence-corrected chi connectivity index (χ4v) is 2.76. The highest BCUT2D eigenvalue weighted by molar-refractivity contribution is 9.10. The van der Waals surface area contributed by atoms with E-state index in [9.17, 15) is 4.39 Å². The monoisotopic (exact) mass is 360 g/mol. The fourth-order valence-electron chi connectivity index (χ4n) is 1.99. The Hall–Kier alpha value is -0.570. The Balaban J connectivity index is 2.43. The molecule has 0 saturated carbocycles. The zero-order valence-electron chi connectivity index (χ0n) is 10.5. The molecule has 1 atom stereocenters. The van der Waals surface area contributed by atoms with Crippen LogP contribution in [0.25, 0.3) is 0 Å². The van der Waals surface area contributed by atoms with Gasteiger partial charge in [-0.3, -0.25) is 0 Å². The maximum absolute atomic E-state index is 13.6. The van der Waals surface area contributed by atoms with Crippen molar-refractivity contribution in [2.45, 2.75) is 19.2 Å². The van der Waals surface area contributed by atoms with E-state index in [1.54, 1.807) is 32.0 Å². The number of alkyl halides is 1. The molecule has 19 heavy (non-hydrogen) atoms. The van der Waals surface area contributed by atoms with Gasteiger partial charge in [-0.2, -0.15) is 0 Å². The molecule has 0 saturated heterocycles. The predicted molar refractivity (Wildman–Crippen MR) is 82.7 cm³/mol. The number of rotatable bonds is 2. The summed E-state index contributed by atoms with van der Waals surface area (Å²) < 4.78 is 14.4. The molecule has 0 aliphatic heterocycles. The molecule has 0 fully saturated rings. The predicted octanol–water partition coefficient (Wildman–Crippen LogP) is 6.19. The summed E-state index contributed by atoms with van der Waals surface area (Å²) in [5, 5.41) is 0.311. The third kappa shape index (κ3) is 3.13. The van der Waals surface area contributed by atoms with E-state index >= 15 is 0 Å². The lowest BCUT2D eigenvalue weighted by molar-refractivity contribution is 0.608. The normalized spacial score (nSPS) is 12.5. The molecule has 0 nitrogen and oxygen atoms in total. The smallest absolute Gasteiger partial charge is 0.129 e. The summed E-state index contributed by atoms with van der Waals surface area (Å²) in [6, 6.07) is 9.11. The molecule has 0 N–H and O–H groups in total. The molecule has 0 bridgehead atoms. The molecule has 100 valence electrons. The van der Waals surface area contributed by atoms with Gasteiger partial charge in [0.05, 0.1) is 10.4 Å². The molecule has 0 heterocycles. The Labute approximate surface area is 130 Å². The minimum atomic E-state index is -0.327. The van der Waals surface area contributed by atoms with Crippen LogP contribution in [0.3, 0.4) is 0 Å². The third-order valence-corrected chi connectivity index (χ3v) is 4.71. The molecule has 0 radical (unpaired) electrons. The van der Waals surface area contributed by atoms with Gasteiger partial charge in [-0.15, -0.1) is 11.6 Å². The molecule has 2 aromatic rings. The van der Waals surface area contributed by atoms with E-state index in [4.69, 9.17) is 23.2 Å². The number of hydrogen-bond donors (Lipinski definition) is 0. The summed E-state index contributed by atoms with van der Waals surface area (Å²) in [7, 11) is 0. The zero-order valence-corrected chi connectivity index (χ0v) is 13.6. The fraction of sp³-hybridized carbons (Fsp3) is 0.200. The Bertz CT molecular complexity index is 603. The van der Waals surface area contributed by atoms with Crippen molar-refractivity contribution < 1.29 is 4.39 Å². The number of benzene rings is 2. The Kier molecular flexibility index (Phi) is 4.54. The lowest BCUT2D eigenvalue weighted by Crippen LogP contribution is -1.98. The van der Waals surface area contributed by atoms with E-state index in [0.29, 0.717) is 16.1 Å². The molecule has 0 aromatic heterocycles. The topological polar surface area (TPSA) is 0 Å². The van der Waals surface area contributed by atoms with Gasteiger partial charge in [-0.05, 0) is 64.2 Å². The van der Waals surface area contributed by atoms with Gasteiger partial charge in [0.15, 0.2) is 0 Å². The average molecular weight is 362 g/mol. The van der Waals surface area contributed by atoms with Crippen LogP contribution >= 0.6 is 39.1 Å². The summed E-state index contributed by atoms with van der Waals surface area (Å²) in [6.07, 6.45) is 0. The SMILES string of the molecule is Cc1cc(C(Cl)c2ccc(Cl)c(Br)c2)cc(C)c1F. The van der Waals surface area contributed by atoms with E-state index in [-0.39, 0.29) is 11.2 Å². The highest BCUT2D eigenvalue weighted by Crippen LogP contribution is 2.34. The van der Waals surface area contributed by atoms with Crippen LogP contribution in [-0.4, -0.2) is 0 Å². The van der Waals surface area contributed by atoms with Crippen LogP contribution < -0.4 is 0 Å². The van der Waals surface area contributed by atoms with Gasteiger partial charge >= 0.3 is 0 Å². The van der Waals surface area contributed by atoms with Gasteiger partial charge in [-0.1, -0.05) is 29.8 Å². The minimum Gasteiger partial charge on any atom is -0.206 e. The molecule has 0 aliphatic carbocycles. The van der Waals surface area contributed by atoms with Crippen LogP contribution in [0, 0.1) is 19.7 Å². The first-order valence-electron chi connectivity index (χ1n) is 5.76. The quantitative estimate of drug-likeness (QED) is 0.559. The first kappa shape index (κ1) is 14.8. The largest absolute Gasteiger partial charge is 0.206 e. The van der Waals surface area contributed by atoms with Crippen LogP contribution in [0.15, 0.2) is 34.8 Å². The zero-order chi connectivity index (χ0) is 14.2. The van der Waals surface area contributed by atoms with E-state index in [1.165, 1.54) is 0 Å². The molecule has 2 aromatic carbocycles. The first-order valence-corrected chi connectivity index (χ1v) is 7.36. The molecule has 4 heteroatoms. The van der Waals surface area contributed by atoms with Crippen LogP contribution in [0.1, 0.15) is 27.6 Å². The van der Waals surface area contributed by atoms with Crippen LogP contribution in [0.4, 0.5) is 4.39 Å². The van der Waals surface area contributed by atoms with Gasteiger partial charge in [-0.25, -0.2) is 4.39 Å². The lowest BCUT2D eigenvalue weighted by Gasteiger charge is -2.14. The van der Waals surface area contributed by atoms with E-state index in [2.05, 4.69) is 15.9 Å². The second kappa shape index (κ2) is 5.82. The van der Waals surface area contributed by atoms with Gasteiger partial charge in [0.2, 0.25) is 0 Å². The Morgan fingerprint density at radius 3 is 2.16 bits per heavy atom. The summed E-state index contributed by atoms with van der Waals surface area (Å²) in [5.74, 6) is -0.176. The lowest BCUT2D eigenvalue weighted by atomic mass is 10.00. The molecule has 1 unspecified atom stereocenters. The number of halogens is 4. The second-order valence-electron chi connectivity index (χ2n) is 4.50. The second-order valence-corrected chi connectivity index (χ2v) is 6.20. The summed E-state index contributed by atoms with van der Waals surface area (Å²) in [4.78, 5) is 0. The summed E-state index contributed by atoms with van der Waals surface area (Å²) in [6.45, 7) is 3.49. The highest BCUT2D eigenvalue weighted by atomic mass is 79.9. The molecule has 0 spiro atoms. The van der Waals surface area contributed by atoms with Gasteiger partial charge in [0, 0.05) is 4.47 Å². The summed E-state index contributed by atoms with van der Waals surface area (Å²) in [5.41, 5.74) is 3.01. The van der Waals surface area contributed by atoms with Crippen molar-refractivity contribution in [3.63, 3.8) is 0 Å². The standard InChI is InChI=1S/C15H12BrCl2F/c1-8-5-11(6-9(2)15(8)19)14(18)10-3-4-13(17)12(16)7-10/h3-7,14H,1-2H3. The van der Waals surface area contributed by atoms with Crippen molar-refractivity contribution >= 4 is 39.1 Å². The van der Waals surface area contributed by atoms with E-state index < -0.39 is 0 Å². The van der Waals surface area contributed by atoms with E-state index in [0.717, 1.165) is 15.6 Å². The minimum absolute atomic E-state index is 0.176. The maximum Gasteiger partial charge on any atom is 0.129 e. The molecular formula is C15H12BrCl2F. The molecule has 2 rings (SSSR count). The van der Waals surface area contributed by atoms with Crippen molar-refractivity contribution in [2.75, 3.05) is 0 Å². The first-order chi connectivity index (χ1) is 8.90. The van der Waals surface area contributed by atoms with Crippen molar-refractivity contribution in [3.8, 4) is 0 Å². The Morgan fingerprint density at radius 2 is 1.63 bits per heavy atom. The van der Waals surface area contributed by atoms with Crippen LogP contribution in [0.2, 0.25) is 5.02 Å². The van der Waals surface area contributed by atoms with Crippen LogP contribution in [0.5, 0.6) is 0 Å². The average Bonchev–Trinajstić information content (AvgIpc) is 2.37. The van der Waals surface area contributed by atoms with Crippen molar-refractivity contribution in [1.29, 1.82) is 0 Å². The Morgan fingerprint density at radius 1 is 1.05 bits per heavy atom. The van der Waals surface area contributed by atoms with Crippen molar-refractivity contribution in [3.05, 3.63) is 67.9 Å². The maximum atomic E-state index is 13.6. The highest BCUT2D eigenvalue weighted by Gasteiger charge is 2.15. The summed E-state index contributed by atoms with van der Waals surface area (Å²) >= 11 is 15.8. The van der Waals surface area contributed by atoms with Crippen molar-refractivity contribution in [1.82, 2.24) is 0 Å². The number of hydrogen-bond acceptors (Lipinski definition) is 0. The van der Waals surface area contributed by atoms with Crippen molar-refractivity contribution in [2.24, 2.45) is 0 Å². The van der Waals surface area contributed by atoms with Gasteiger partial charge in [0.1, 0.15) is 5.82 Å².